The summed E-state index contributed by atoms with van der Waals surface area (Å²) in [6.45, 7) is 5.33. The van der Waals surface area contributed by atoms with Crippen molar-refractivity contribution >= 4 is 41.1 Å². The van der Waals surface area contributed by atoms with Crippen molar-refractivity contribution in [3.8, 4) is 0 Å². The van der Waals surface area contributed by atoms with E-state index in [2.05, 4.69) is 21.3 Å². The zero-order chi connectivity index (χ0) is 30.5. The number of hydrogen-bond donors (Lipinski definition) is 4. The molecule has 3 aromatic carbocycles. The summed E-state index contributed by atoms with van der Waals surface area (Å²) in [5.41, 5.74) is 2.16. The average Bonchev–Trinajstić information content (AvgIpc) is 3.00. The maximum Gasteiger partial charge on any atom is 0.408 e. The number of carbonyl (C=O) groups excluding carboxylic acids is 4. The van der Waals surface area contributed by atoms with Crippen LogP contribution in [0.15, 0.2) is 84.9 Å². The number of rotatable bonds is 13. The summed E-state index contributed by atoms with van der Waals surface area (Å²) in [6, 6.07) is 22.2. The molecule has 0 aromatic heterocycles. The first-order valence-corrected chi connectivity index (χ1v) is 14.2. The van der Waals surface area contributed by atoms with E-state index in [1.54, 1.807) is 31.2 Å². The summed E-state index contributed by atoms with van der Waals surface area (Å²) < 4.78 is 5.34. The first kappa shape index (κ1) is 32.1. The second-order valence-electron chi connectivity index (χ2n) is 10.0. The highest BCUT2D eigenvalue weighted by atomic mass is 35.5. The van der Waals surface area contributed by atoms with Crippen molar-refractivity contribution in [2.75, 3.05) is 5.32 Å². The van der Waals surface area contributed by atoms with Crippen molar-refractivity contribution in [2.45, 2.75) is 58.3 Å². The molecule has 0 aliphatic rings. The Morgan fingerprint density at radius 1 is 0.738 bits per heavy atom. The Hall–Kier alpha value is -4.37. The van der Waals surface area contributed by atoms with Crippen LogP contribution in [-0.2, 0) is 32.1 Å². The Labute approximate surface area is 251 Å². The highest BCUT2D eigenvalue weighted by molar-refractivity contribution is 6.30. The topological polar surface area (TPSA) is 126 Å². The Bertz CT molecular complexity index is 1320. The van der Waals surface area contributed by atoms with Gasteiger partial charge in [-0.25, -0.2) is 4.79 Å². The minimum absolute atomic E-state index is 0.0419. The van der Waals surface area contributed by atoms with Gasteiger partial charge in [0.05, 0.1) is 0 Å². The van der Waals surface area contributed by atoms with Crippen LogP contribution in [0.2, 0.25) is 5.02 Å². The first-order chi connectivity index (χ1) is 20.2. The Morgan fingerprint density at radius 2 is 1.33 bits per heavy atom. The second-order valence-corrected chi connectivity index (χ2v) is 10.5. The van der Waals surface area contributed by atoms with Gasteiger partial charge in [0.1, 0.15) is 24.7 Å². The highest BCUT2D eigenvalue weighted by Crippen LogP contribution is 2.14. The molecule has 3 aromatic rings. The lowest BCUT2D eigenvalue weighted by Crippen LogP contribution is -2.58. The molecular formula is C32H37ClN4O5. The molecule has 0 fully saturated rings. The number of carbonyl (C=O) groups is 4. The van der Waals surface area contributed by atoms with Gasteiger partial charge in [-0.2, -0.15) is 0 Å². The minimum atomic E-state index is -1.01. The van der Waals surface area contributed by atoms with E-state index in [4.69, 9.17) is 16.3 Å². The fourth-order valence-corrected chi connectivity index (χ4v) is 4.20. The molecule has 4 amide bonds. The third-order valence-corrected chi connectivity index (χ3v) is 7.01. The van der Waals surface area contributed by atoms with E-state index < -0.39 is 41.9 Å². The van der Waals surface area contributed by atoms with Crippen LogP contribution in [0.4, 0.5) is 10.5 Å². The van der Waals surface area contributed by atoms with Crippen LogP contribution in [0, 0.1) is 5.92 Å². The lowest BCUT2D eigenvalue weighted by molar-refractivity contribution is -0.132. The molecule has 0 saturated carbocycles. The Kier molecular flexibility index (Phi) is 12.4. The van der Waals surface area contributed by atoms with Crippen molar-refractivity contribution in [2.24, 2.45) is 5.92 Å². The van der Waals surface area contributed by atoms with E-state index in [-0.39, 0.29) is 18.9 Å². The summed E-state index contributed by atoms with van der Waals surface area (Å²) in [7, 11) is 0. The molecule has 3 rings (SSSR count). The smallest absolute Gasteiger partial charge is 0.408 e. The maximum absolute atomic E-state index is 13.5. The van der Waals surface area contributed by atoms with Gasteiger partial charge in [0.15, 0.2) is 0 Å². The highest BCUT2D eigenvalue weighted by Gasteiger charge is 2.31. The van der Waals surface area contributed by atoms with Crippen LogP contribution >= 0.6 is 11.6 Å². The van der Waals surface area contributed by atoms with Gasteiger partial charge in [-0.3, -0.25) is 14.4 Å². The zero-order valence-corrected chi connectivity index (χ0v) is 24.7. The lowest BCUT2D eigenvalue weighted by atomic mass is 9.97. The van der Waals surface area contributed by atoms with Crippen LogP contribution in [-0.4, -0.2) is 41.9 Å². The van der Waals surface area contributed by atoms with Crippen molar-refractivity contribution in [3.05, 3.63) is 101 Å². The Balaban J connectivity index is 1.68. The maximum atomic E-state index is 13.5. The molecule has 0 saturated heterocycles. The molecule has 0 aliphatic heterocycles. The van der Waals surface area contributed by atoms with Crippen molar-refractivity contribution in [3.63, 3.8) is 0 Å². The fourth-order valence-electron chi connectivity index (χ4n) is 4.07. The molecule has 222 valence electrons. The van der Waals surface area contributed by atoms with Gasteiger partial charge >= 0.3 is 6.09 Å². The van der Waals surface area contributed by atoms with Crippen molar-refractivity contribution < 1.29 is 23.9 Å². The molecule has 10 heteroatoms. The van der Waals surface area contributed by atoms with Crippen LogP contribution in [0.5, 0.6) is 0 Å². The second kappa shape index (κ2) is 16.2. The normalized spacial score (nSPS) is 13.5. The van der Waals surface area contributed by atoms with Gasteiger partial charge in [0.2, 0.25) is 17.7 Å². The van der Waals surface area contributed by atoms with Crippen molar-refractivity contribution in [1.82, 2.24) is 16.0 Å². The van der Waals surface area contributed by atoms with E-state index in [1.165, 1.54) is 0 Å². The van der Waals surface area contributed by atoms with Crippen LogP contribution in [0.25, 0.3) is 0 Å². The van der Waals surface area contributed by atoms with Gasteiger partial charge in [-0.05, 0) is 48.2 Å². The summed E-state index contributed by atoms with van der Waals surface area (Å²) in [4.78, 5) is 52.2. The van der Waals surface area contributed by atoms with Crippen LogP contribution in [0.1, 0.15) is 38.3 Å². The predicted octanol–water partition coefficient (Wildman–Crippen LogP) is 4.85. The molecule has 42 heavy (non-hydrogen) atoms. The first-order valence-electron chi connectivity index (χ1n) is 13.8. The molecule has 4 N–H and O–H groups in total. The summed E-state index contributed by atoms with van der Waals surface area (Å²) in [5.74, 6) is -1.75. The third-order valence-electron chi connectivity index (χ3n) is 6.76. The zero-order valence-electron chi connectivity index (χ0n) is 23.9. The van der Waals surface area contributed by atoms with E-state index in [9.17, 15) is 19.2 Å². The number of nitrogens with one attached hydrogen (secondary N) is 4. The van der Waals surface area contributed by atoms with Gasteiger partial charge in [0, 0.05) is 17.1 Å². The number of ether oxygens (including phenoxy) is 1. The lowest BCUT2D eigenvalue weighted by Gasteiger charge is -2.27. The number of alkyl carbamates (subject to hydrolysis) is 1. The molecule has 0 heterocycles. The SMILES string of the molecule is CCC(C)[C@H](NC(=O)[C@H](Cc1ccccc1)NC(=O)OCc1ccccc1)C(=O)N[C@@H](C)C(=O)Nc1ccc(Cl)cc1. The average molecular weight is 593 g/mol. The standard InChI is InChI=1S/C32H37ClN4O5/c1-4-21(2)28(31(40)34-22(3)29(38)35-26-17-15-25(33)16-18-26)37-30(39)27(19-23-11-7-5-8-12-23)36-32(41)42-20-24-13-9-6-10-14-24/h5-18,21-22,27-28H,4,19-20H2,1-3H3,(H,34,40)(H,35,38)(H,36,41)(H,37,39)/t21?,22-,27-,28-/m0/s1. The third kappa shape index (κ3) is 10.2. The van der Waals surface area contributed by atoms with Crippen molar-refractivity contribution in [1.29, 1.82) is 0 Å². The van der Waals surface area contributed by atoms with Crippen LogP contribution in [0.3, 0.4) is 0 Å². The van der Waals surface area contributed by atoms with Gasteiger partial charge < -0.3 is 26.0 Å². The summed E-state index contributed by atoms with van der Waals surface area (Å²) >= 11 is 5.90. The summed E-state index contributed by atoms with van der Waals surface area (Å²) in [6.07, 6.45) is 0.00791. The number of benzene rings is 3. The quantitative estimate of drug-likeness (QED) is 0.226. The minimum Gasteiger partial charge on any atom is -0.445 e. The molecule has 0 aliphatic carbocycles. The number of hydrogen-bond acceptors (Lipinski definition) is 5. The van der Waals surface area contributed by atoms with E-state index in [0.717, 1.165) is 11.1 Å². The summed E-state index contributed by atoms with van der Waals surface area (Å²) in [5, 5.41) is 11.4. The fraction of sp³-hybridized carbons (Fsp3) is 0.312. The monoisotopic (exact) mass is 592 g/mol. The number of anilines is 1. The molecule has 9 nitrogen and oxygen atoms in total. The predicted molar refractivity (Wildman–Crippen MR) is 163 cm³/mol. The van der Waals surface area contributed by atoms with Gasteiger partial charge in [-0.15, -0.1) is 0 Å². The van der Waals surface area contributed by atoms with Crippen LogP contribution < -0.4 is 21.3 Å². The molecule has 1 unspecified atom stereocenters. The largest absolute Gasteiger partial charge is 0.445 e. The van der Waals surface area contributed by atoms with E-state index >= 15 is 0 Å². The van der Waals surface area contributed by atoms with E-state index in [0.29, 0.717) is 17.1 Å². The number of halogens is 1. The van der Waals surface area contributed by atoms with Gasteiger partial charge in [-0.1, -0.05) is 92.5 Å². The van der Waals surface area contributed by atoms with Gasteiger partial charge in [0.25, 0.3) is 0 Å². The Morgan fingerprint density at radius 3 is 1.93 bits per heavy atom. The molecule has 4 atom stereocenters. The molecule has 0 radical (unpaired) electrons. The van der Waals surface area contributed by atoms with E-state index in [1.807, 2.05) is 74.5 Å². The molecular weight excluding hydrogens is 556 g/mol. The number of amides is 4. The molecule has 0 spiro atoms. The molecule has 0 bridgehead atoms.